The monoisotopic (exact) mass is 214 g/mol. The first-order valence-electron chi connectivity index (χ1n) is 6.81. The van der Waals surface area contributed by atoms with E-state index in [-0.39, 0.29) is 0 Å². The molecular formula is C14H30O. The van der Waals surface area contributed by atoms with Gasteiger partial charge in [0.2, 0.25) is 0 Å². The van der Waals surface area contributed by atoms with Gasteiger partial charge in [0, 0.05) is 6.61 Å². The van der Waals surface area contributed by atoms with E-state index in [1.807, 2.05) is 0 Å². The zero-order chi connectivity index (χ0) is 11.5. The Hall–Kier alpha value is -0.0400. The van der Waals surface area contributed by atoms with Gasteiger partial charge in [-0.1, -0.05) is 65.7 Å². The summed E-state index contributed by atoms with van der Waals surface area (Å²) in [5, 5.41) is 8.77. The SMILES string of the molecule is CCCC(C)CCCCCC(C)CCO. The number of aliphatic hydroxyl groups is 1. The van der Waals surface area contributed by atoms with Crippen LogP contribution in [0.25, 0.3) is 0 Å². The first kappa shape index (κ1) is 15.0. The second-order valence-electron chi connectivity index (χ2n) is 5.15. The van der Waals surface area contributed by atoms with Crippen molar-refractivity contribution in [2.75, 3.05) is 6.61 Å². The van der Waals surface area contributed by atoms with Gasteiger partial charge in [-0.2, -0.15) is 0 Å². The van der Waals surface area contributed by atoms with Crippen molar-refractivity contribution in [2.45, 2.75) is 72.1 Å². The predicted octanol–water partition coefficient (Wildman–Crippen LogP) is 4.39. The first-order chi connectivity index (χ1) is 7.20. The molecule has 1 nitrogen and oxygen atoms in total. The van der Waals surface area contributed by atoms with E-state index in [1.54, 1.807) is 0 Å². The van der Waals surface area contributed by atoms with Crippen LogP contribution < -0.4 is 0 Å². The maximum absolute atomic E-state index is 8.77. The number of hydrogen-bond donors (Lipinski definition) is 1. The normalized spacial score (nSPS) is 15.2. The standard InChI is InChI=1S/C14H30O/c1-4-8-13(2)9-6-5-7-10-14(3)11-12-15/h13-15H,4-12H2,1-3H3. The Kier molecular flexibility index (Phi) is 10.4. The van der Waals surface area contributed by atoms with Crippen LogP contribution >= 0.6 is 0 Å². The number of unbranched alkanes of at least 4 members (excludes halogenated alkanes) is 2. The van der Waals surface area contributed by atoms with Crippen LogP contribution in [0.4, 0.5) is 0 Å². The maximum Gasteiger partial charge on any atom is 0.0433 e. The van der Waals surface area contributed by atoms with Gasteiger partial charge in [-0.3, -0.25) is 0 Å². The van der Waals surface area contributed by atoms with Crippen LogP contribution in [0.15, 0.2) is 0 Å². The van der Waals surface area contributed by atoms with Crippen molar-refractivity contribution >= 4 is 0 Å². The largest absolute Gasteiger partial charge is 0.396 e. The molecule has 0 spiro atoms. The molecule has 0 fully saturated rings. The molecule has 0 aromatic rings. The predicted molar refractivity (Wildman–Crippen MR) is 68.0 cm³/mol. The lowest BCUT2D eigenvalue weighted by Gasteiger charge is -2.11. The minimum absolute atomic E-state index is 0.356. The number of rotatable bonds is 10. The molecule has 0 aromatic carbocycles. The van der Waals surface area contributed by atoms with E-state index in [2.05, 4.69) is 20.8 Å². The molecule has 0 aliphatic rings. The molecule has 0 radical (unpaired) electrons. The molecule has 0 saturated carbocycles. The molecule has 2 unspecified atom stereocenters. The quantitative estimate of drug-likeness (QED) is 0.535. The van der Waals surface area contributed by atoms with Gasteiger partial charge in [-0.05, 0) is 18.3 Å². The van der Waals surface area contributed by atoms with Crippen molar-refractivity contribution in [3.63, 3.8) is 0 Å². The lowest BCUT2D eigenvalue weighted by Crippen LogP contribution is -1.98. The zero-order valence-electron chi connectivity index (χ0n) is 11.0. The molecule has 0 amide bonds. The molecule has 1 N–H and O–H groups in total. The highest BCUT2D eigenvalue weighted by Crippen LogP contribution is 2.17. The van der Waals surface area contributed by atoms with Gasteiger partial charge in [0.1, 0.15) is 0 Å². The van der Waals surface area contributed by atoms with Gasteiger partial charge in [0.15, 0.2) is 0 Å². The lowest BCUT2D eigenvalue weighted by atomic mass is 9.96. The Labute approximate surface area is 96.3 Å². The molecule has 1 heteroatoms. The highest BCUT2D eigenvalue weighted by Gasteiger charge is 2.02. The summed E-state index contributed by atoms with van der Waals surface area (Å²) in [6.45, 7) is 7.25. The van der Waals surface area contributed by atoms with E-state index in [9.17, 15) is 0 Å². The summed E-state index contributed by atoms with van der Waals surface area (Å²) in [4.78, 5) is 0. The first-order valence-corrected chi connectivity index (χ1v) is 6.81. The fourth-order valence-corrected chi connectivity index (χ4v) is 2.16. The fourth-order valence-electron chi connectivity index (χ4n) is 2.16. The molecule has 0 bridgehead atoms. The van der Waals surface area contributed by atoms with Crippen molar-refractivity contribution in [3.8, 4) is 0 Å². The van der Waals surface area contributed by atoms with Crippen LogP contribution in [0.1, 0.15) is 72.1 Å². The average Bonchev–Trinajstić information content (AvgIpc) is 2.18. The second-order valence-corrected chi connectivity index (χ2v) is 5.15. The Morgan fingerprint density at radius 3 is 1.80 bits per heavy atom. The molecule has 15 heavy (non-hydrogen) atoms. The van der Waals surface area contributed by atoms with E-state index in [4.69, 9.17) is 5.11 Å². The number of hydrogen-bond acceptors (Lipinski definition) is 1. The van der Waals surface area contributed by atoms with Gasteiger partial charge in [0.05, 0.1) is 0 Å². The third-order valence-electron chi connectivity index (χ3n) is 3.30. The lowest BCUT2D eigenvalue weighted by molar-refractivity contribution is 0.256. The van der Waals surface area contributed by atoms with E-state index < -0.39 is 0 Å². The van der Waals surface area contributed by atoms with Gasteiger partial charge in [-0.25, -0.2) is 0 Å². The molecular weight excluding hydrogens is 184 g/mol. The Morgan fingerprint density at radius 1 is 0.800 bits per heavy atom. The highest BCUT2D eigenvalue weighted by atomic mass is 16.3. The number of aliphatic hydroxyl groups excluding tert-OH is 1. The highest BCUT2D eigenvalue weighted by molar-refractivity contribution is 4.56. The Balaban J connectivity index is 3.17. The minimum atomic E-state index is 0.356. The fraction of sp³-hybridized carbons (Fsp3) is 1.00. The maximum atomic E-state index is 8.77. The van der Waals surface area contributed by atoms with Gasteiger partial charge in [-0.15, -0.1) is 0 Å². The topological polar surface area (TPSA) is 20.2 Å². The molecule has 0 saturated heterocycles. The Bertz CT molecular complexity index is 109. The van der Waals surface area contributed by atoms with Crippen LogP contribution in [0.3, 0.4) is 0 Å². The van der Waals surface area contributed by atoms with Gasteiger partial charge in [0.25, 0.3) is 0 Å². The van der Waals surface area contributed by atoms with E-state index in [0.717, 1.165) is 12.3 Å². The molecule has 0 aliphatic carbocycles. The summed E-state index contributed by atoms with van der Waals surface area (Å²) in [6.07, 6.45) is 10.5. The summed E-state index contributed by atoms with van der Waals surface area (Å²) < 4.78 is 0. The molecule has 0 rings (SSSR count). The van der Waals surface area contributed by atoms with E-state index >= 15 is 0 Å². The van der Waals surface area contributed by atoms with E-state index in [0.29, 0.717) is 12.5 Å². The van der Waals surface area contributed by atoms with Crippen LogP contribution in [0, 0.1) is 11.8 Å². The zero-order valence-corrected chi connectivity index (χ0v) is 11.0. The Morgan fingerprint density at radius 2 is 1.33 bits per heavy atom. The summed E-state index contributed by atoms with van der Waals surface area (Å²) in [5.74, 6) is 1.63. The van der Waals surface area contributed by atoms with Crippen LogP contribution in [-0.4, -0.2) is 11.7 Å². The van der Waals surface area contributed by atoms with Crippen molar-refractivity contribution in [3.05, 3.63) is 0 Å². The summed E-state index contributed by atoms with van der Waals surface area (Å²) in [7, 11) is 0. The van der Waals surface area contributed by atoms with Crippen molar-refractivity contribution < 1.29 is 5.11 Å². The van der Waals surface area contributed by atoms with Gasteiger partial charge < -0.3 is 5.11 Å². The summed E-state index contributed by atoms with van der Waals surface area (Å²) in [6, 6.07) is 0. The molecule has 0 aliphatic heterocycles. The van der Waals surface area contributed by atoms with Crippen molar-refractivity contribution in [1.29, 1.82) is 0 Å². The molecule has 2 atom stereocenters. The second kappa shape index (κ2) is 10.5. The molecule has 92 valence electrons. The average molecular weight is 214 g/mol. The third kappa shape index (κ3) is 10.2. The van der Waals surface area contributed by atoms with E-state index in [1.165, 1.54) is 44.9 Å². The van der Waals surface area contributed by atoms with Crippen LogP contribution in [0.2, 0.25) is 0 Å². The van der Waals surface area contributed by atoms with Crippen molar-refractivity contribution in [1.82, 2.24) is 0 Å². The summed E-state index contributed by atoms with van der Waals surface area (Å²) in [5.41, 5.74) is 0. The van der Waals surface area contributed by atoms with Gasteiger partial charge >= 0.3 is 0 Å². The van der Waals surface area contributed by atoms with Crippen LogP contribution in [-0.2, 0) is 0 Å². The smallest absolute Gasteiger partial charge is 0.0433 e. The van der Waals surface area contributed by atoms with Crippen molar-refractivity contribution in [2.24, 2.45) is 11.8 Å². The molecule has 0 aromatic heterocycles. The third-order valence-corrected chi connectivity index (χ3v) is 3.30. The molecule has 0 heterocycles. The van der Waals surface area contributed by atoms with Crippen LogP contribution in [0.5, 0.6) is 0 Å². The minimum Gasteiger partial charge on any atom is -0.396 e. The summed E-state index contributed by atoms with van der Waals surface area (Å²) >= 11 is 0.